The van der Waals surface area contributed by atoms with Gasteiger partial charge >= 0.3 is 0 Å². The molecular formula is C18H15N3O3S2. The number of amides is 2. The second-order valence-corrected chi connectivity index (χ2v) is 6.93. The lowest BCUT2D eigenvalue weighted by molar-refractivity contribution is 0.0843. The monoisotopic (exact) mass is 385 g/mol. The number of nitrogens with zero attached hydrogens (tertiary/aromatic N) is 1. The van der Waals surface area contributed by atoms with Crippen molar-refractivity contribution in [3.63, 3.8) is 0 Å². The summed E-state index contributed by atoms with van der Waals surface area (Å²) in [5.74, 6) is -0.532. The van der Waals surface area contributed by atoms with Crippen molar-refractivity contribution in [1.29, 1.82) is 0 Å². The molecule has 2 amide bonds. The van der Waals surface area contributed by atoms with Gasteiger partial charge in [-0.3, -0.25) is 20.4 Å². The van der Waals surface area contributed by atoms with E-state index < -0.39 is 11.8 Å². The topological polar surface area (TPSA) is 91.3 Å². The molecule has 3 N–H and O–H groups in total. The average molecular weight is 385 g/mol. The van der Waals surface area contributed by atoms with Crippen LogP contribution in [0, 0.1) is 0 Å². The molecule has 0 saturated carbocycles. The first kappa shape index (κ1) is 18.0. The molecule has 0 saturated heterocycles. The summed E-state index contributed by atoms with van der Waals surface area (Å²) >= 11 is 3.02. The Morgan fingerprint density at radius 2 is 1.65 bits per heavy atom. The molecule has 3 rings (SSSR count). The molecule has 0 bridgehead atoms. The maximum absolute atomic E-state index is 12.4. The quantitative estimate of drug-likeness (QED) is 0.463. The van der Waals surface area contributed by atoms with Crippen LogP contribution >= 0.6 is 23.1 Å². The number of nitrogens with one attached hydrogen (secondary N) is 2. The molecule has 1 heterocycles. The predicted molar refractivity (Wildman–Crippen MR) is 101 cm³/mol. The highest BCUT2D eigenvalue weighted by Gasteiger charge is 2.14. The van der Waals surface area contributed by atoms with Gasteiger partial charge in [-0.1, -0.05) is 24.3 Å². The number of hydrogen-bond donors (Lipinski definition) is 3. The zero-order chi connectivity index (χ0) is 18.4. The third-order valence-corrected chi connectivity index (χ3v) is 5.17. The fourth-order valence-electron chi connectivity index (χ4n) is 2.15. The van der Waals surface area contributed by atoms with Crippen molar-refractivity contribution in [2.24, 2.45) is 0 Å². The Kier molecular flexibility index (Phi) is 5.88. The van der Waals surface area contributed by atoms with Crippen LogP contribution in [0.4, 0.5) is 0 Å². The molecule has 0 aliphatic carbocycles. The van der Waals surface area contributed by atoms with Crippen LogP contribution in [0.1, 0.15) is 26.4 Å². The second kappa shape index (κ2) is 8.50. The van der Waals surface area contributed by atoms with Gasteiger partial charge in [0.15, 0.2) is 0 Å². The lowest BCUT2D eigenvalue weighted by atomic mass is 10.2. The molecule has 6 nitrogen and oxygen atoms in total. The van der Waals surface area contributed by atoms with Gasteiger partial charge in [0.05, 0.1) is 22.3 Å². The Balaban J connectivity index is 1.64. The van der Waals surface area contributed by atoms with Gasteiger partial charge in [0.1, 0.15) is 5.75 Å². The van der Waals surface area contributed by atoms with Crippen LogP contribution < -0.4 is 10.9 Å². The zero-order valence-electron chi connectivity index (χ0n) is 13.5. The van der Waals surface area contributed by atoms with Crippen molar-refractivity contribution >= 4 is 34.9 Å². The molecule has 1 aromatic heterocycles. The number of benzene rings is 2. The number of phenols is 1. The van der Waals surface area contributed by atoms with Gasteiger partial charge in [0.2, 0.25) is 0 Å². The molecule has 0 radical (unpaired) electrons. The molecule has 0 fully saturated rings. The maximum Gasteiger partial charge on any atom is 0.273 e. The lowest BCUT2D eigenvalue weighted by Gasteiger charge is -2.11. The highest BCUT2D eigenvalue weighted by atomic mass is 32.2. The van der Waals surface area contributed by atoms with Crippen molar-refractivity contribution in [3.8, 4) is 5.75 Å². The highest BCUT2D eigenvalue weighted by molar-refractivity contribution is 7.98. The van der Waals surface area contributed by atoms with E-state index in [1.807, 2.05) is 17.5 Å². The molecule has 132 valence electrons. The number of hydrogen-bond acceptors (Lipinski definition) is 6. The number of phenolic OH excluding ortho intramolecular Hbond substituents is 1. The van der Waals surface area contributed by atoms with Crippen molar-refractivity contribution in [2.75, 3.05) is 0 Å². The molecule has 0 spiro atoms. The maximum atomic E-state index is 12.4. The first-order valence-electron chi connectivity index (χ1n) is 7.62. The predicted octanol–water partition coefficient (Wildman–Crippen LogP) is 3.22. The normalized spacial score (nSPS) is 10.3. The summed E-state index contributed by atoms with van der Waals surface area (Å²) in [7, 11) is 0. The molecule has 3 aromatic rings. The van der Waals surface area contributed by atoms with Crippen LogP contribution in [0.2, 0.25) is 0 Å². The van der Waals surface area contributed by atoms with Gasteiger partial charge < -0.3 is 5.11 Å². The Morgan fingerprint density at radius 3 is 2.35 bits per heavy atom. The van der Waals surface area contributed by atoms with Crippen molar-refractivity contribution in [1.82, 2.24) is 15.8 Å². The second-order valence-electron chi connectivity index (χ2n) is 5.19. The largest absolute Gasteiger partial charge is 0.507 e. The third-order valence-electron chi connectivity index (χ3n) is 3.43. The van der Waals surface area contributed by atoms with E-state index in [1.165, 1.54) is 35.2 Å². The Hall–Kier alpha value is -2.84. The summed E-state index contributed by atoms with van der Waals surface area (Å²) in [4.78, 5) is 29.5. The van der Waals surface area contributed by atoms with Crippen molar-refractivity contribution < 1.29 is 14.7 Å². The molecule has 26 heavy (non-hydrogen) atoms. The number of carbonyl (C=O) groups excluding carboxylic acids is 2. The summed E-state index contributed by atoms with van der Waals surface area (Å²) in [6, 6.07) is 13.2. The Morgan fingerprint density at radius 1 is 1.00 bits per heavy atom. The van der Waals surface area contributed by atoms with Crippen LogP contribution in [0.5, 0.6) is 5.75 Å². The fourth-order valence-corrected chi connectivity index (χ4v) is 3.77. The van der Waals surface area contributed by atoms with E-state index in [4.69, 9.17) is 0 Å². The summed E-state index contributed by atoms with van der Waals surface area (Å²) in [5, 5.41) is 11.6. The Labute approximate surface area is 158 Å². The number of para-hydroxylation sites is 1. The van der Waals surface area contributed by atoms with Gasteiger partial charge in [0.25, 0.3) is 11.8 Å². The smallest absolute Gasteiger partial charge is 0.273 e. The van der Waals surface area contributed by atoms with Gasteiger partial charge in [-0.05, 0) is 24.3 Å². The van der Waals surface area contributed by atoms with Crippen LogP contribution in [0.3, 0.4) is 0 Å². The number of carbonyl (C=O) groups is 2. The molecule has 0 atom stereocenters. The van der Waals surface area contributed by atoms with E-state index in [-0.39, 0.29) is 11.3 Å². The number of hydrazine groups is 1. The van der Waals surface area contributed by atoms with E-state index in [0.717, 1.165) is 10.6 Å². The van der Waals surface area contributed by atoms with Crippen LogP contribution in [-0.4, -0.2) is 21.9 Å². The molecule has 0 aliphatic heterocycles. The van der Waals surface area contributed by atoms with Gasteiger partial charge in [-0.2, -0.15) is 0 Å². The highest BCUT2D eigenvalue weighted by Crippen LogP contribution is 2.26. The van der Waals surface area contributed by atoms with Crippen LogP contribution in [0.15, 0.2) is 64.3 Å². The third kappa shape index (κ3) is 4.41. The summed E-state index contributed by atoms with van der Waals surface area (Å²) in [5.41, 5.74) is 7.94. The summed E-state index contributed by atoms with van der Waals surface area (Å²) < 4.78 is 0. The number of aromatic nitrogens is 1. The minimum Gasteiger partial charge on any atom is -0.507 e. The van der Waals surface area contributed by atoms with E-state index in [9.17, 15) is 14.7 Å². The standard InChI is InChI=1S/C18H15N3O3S2/c22-15-7-3-1-5-13(15)17(23)20-21-18(24)14-6-2-4-8-16(14)26-10-12-9-25-11-19-12/h1-9,11,22H,10H2,(H,20,23)(H,21,24). The van der Waals surface area contributed by atoms with Crippen molar-refractivity contribution in [2.45, 2.75) is 10.6 Å². The zero-order valence-corrected chi connectivity index (χ0v) is 15.1. The number of aromatic hydroxyl groups is 1. The van der Waals surface area contributed by atoms with E-state index in [2.05, 4.69) is 15.8 Å². The molecule has 8 heteroatoms. The fraction of sp³-hybridized carbons (Fsp3) is 0.0556. The van der Waals surface area contributed by atoms with Gasteiger partial charge in [0, 0.05) is 16.0 Å². The molecular weight excluding hydrogens is 370 g/mol. The minimum atomic E-state index is -0.593. The average Bonchev–Trinajstić information content (AvgIpc) is 3.18. The minimum absolute atomic E-state index is 0.0824. The van der Waals surface area contributed by atoms with Gasteiger partial charge in [-0.15, -0.1) is 23.1 Å². The van der Waals surface area contributed by atoms with E-state index in [0.29, 0.717) is 11.3 Å². The lowest BCUT2D eigenvalue weighted by Crippen LogP contribution is -2.41. The van der Waals surface area contributed by atoms with E-state index >= 15 is 0 Å². The summed E-state index contributed by atoms with van der Waals surface area (Å²) in [6.45, 7) is 0. The number of rotatable bonds is 5. The van der Waals surface area contributed by atoms with Crippen LogP contribution in [-0.2, 0) is 5.75 Å². The molecule has 0 unspecified atom stereocenters. The van der Waals surface area contributed by atoms with Crippen LogP contribution in [0.25, 0.3) is 0 Å². The first-order chi connectivity index (χ1) is 12.6. The first-order valence-corrected chi connectivity index (χ1v) is 9.55. The number of thiazole rings is 1. The Bertz CT molecular complexity index is 914. The molecule has 2 aromatic carbocycles. The number of thioether (sulfide) groups is 1. The van der Waals surface area contributed by atoms with Crippen molar-refractivity contribution in [3.05, 3.63) is 76.2 Å². The molecule has 0 aliphatic rings. The van der Waals surface area contributed by atoms with Gasteiger partial charge in [-0.25, -0.2) is 4.98 Å². The van der Waals surface area contributed by atoms with E-state index in [1.54, 1.807) is 29.8 Å². The summed E-state index contributed by atoms with van der Waals surface area (Å²) in [6.07, 6.45) is 0. The SMILES string of the molecule is O=C(NNC(=O)c1ccccc1SCc1cscn1)c1ccccc1O.